The molecule has 0 bridgehead atoms. The molecule has 0 aromatic carbocycles. The van der Waals surface area contributed by atoms with Crippen molar-refractivity contribution in [3.8, 4) is 0 Å². The van der Waals surface area contributed by atoms with Crippen LogP contribution in [0.25, 0.3) is 11.2 Å². The van der Waals surface area contributed by atoms with Gasteiger partial charge in [0, 0.05) is 19.0 Å². The highest BCUT2D eigenvalue weighted by atomic mass is 16.1. The Kier molecular flexibility index (Phi) is 2.47. The van der Waals surface area contributed by atoms with Gasteiger partial charge in [0.15, 0.2) is 11.5 Å². The minimum absolute atomic E-state index is 0.0932. The summed E-state index contributed by atoms with van der Waals surface area (Å²) < 4.78 is 0. The molecule has 8 heteroatoms. The fraction of sp³-hybridized carbons (Fsp3) is 0.400. The van der Waals surface area contributed by atoms with Crippen LogP contribution in [-0.2, 0) is 4.79 Å². The van der Waals surface area contributed by atoms with Crippen LogP contribution in [0.3, 0.4) is 0 Å². The summed E-state index contributed by atoms with van der Waals surface area (Å²) in [6, 6.07) is 0.131. The molecule has 0 aliphatic carbocycles. The average Bonchev–Trinajstić information content (AvgIpc) is 2.94. The zero-order valence-corrected chi connectivity index (χ0v) is 9.60. The van der Waals surface area contributed by atoms with Crippen molar-refractivity contribution < 1.29 is 4.79 Å². The van der Waals surface area contributed by atoms with E-state index in [1.165, 1.54) is 0 Å². The first kappa shape index (κ1) is 10.8. The third kappa shape index (κ3) is 1.92. The first-order chi connectivity index (χ1) is 8.72. The van der Waals surface area contributed by atoms with E-state index >= 15 is 0 Å². The van der Waals surface area contributed by atoms with Crippen LogP contribution in [0, 0.1) is 0 Å². The summed E-state index contributed by atoms with van der Waals surface area (Å²) in [7, 11) is 0. The summed E-state index contributed by atoms with van der Waals surface area (Å²) in [6.07, 6.45) is 2.96. The summed E-state index contributed by atoms with van der Waals surface area (Å²) in [5, 5.41) is 6.04. The number of nitrogen functional groups attached to an aromatic ring is 1. The Morgan fingerprint density at radius 3 is 3.17 bits per heavy atom. The van der Waals surface area contributed by atoms with E-state index in [1.807, 2.05) is 0 Å². The molecule has 18 heavy (non-hydrogen) atoms. The standard InChI is InChI=1S/C10H13N7O/c11-10-16-8(7-9(17-10)14-4-13-7)12-3-5-1-2-6(18)15-5/h4-5H,1-3H2,(H,15,18)(H4,11,12,13,14,16,17). The Labute approximate surface area is 102 Å². The number of anilines is 2. The molecule has 0 radical (unpaired) electrons. The van der Waals surface area contributed by atoms with Gasteiger partial charge in [-0.25, -0.2) is 4.98 Å². The highest BCUT2D eigenvalue weighted by molar-refractivity contribution is 5.83. The first-order valence-corrected chi connectivity index (χ1v) is 5.72. The quantitative estimate of drug-likeness (QED) is 0.587. The first-order valence-electron chi connectivity index (χ1n) is 5.72. The van der Waals surface area contributed by atoms with Crippen LogP contribution >= 0.6 is 0 Å². The Balaban J connectivity index is 1.77. The van der Waals surface area contributed by atoms with Gasteiger partial charge in [0.1, 0.15) is 5.52 Å². The third-order valence-electron chi connectivity index (χ3n) is 2.90. The van der Waals surface area contributed by atoms with Crippen LogP contribution in [0.4, 0.5) is 11.8 Å². The number of nitrogens with two attached hydrogens (primary N) is 1. The smallest absolute Gasteiger partial charge is 0.224 e. The van der Waals surface area contributed by atoms with Gasteiger partial charge in [-0.2, -0.15) is 9.97 Å². The van der Waals surface area contributed by atoms with Crippen molar-refractivity contribution in [2.75, 3.05) is 17.6 Å². The van der Waals surface area contributed by atoms with Crippen LogP contribution in [0.5, 0.6) is 0 Å². The highest BCUT2D eigenvalue weighted by Gasteiger charge is 2.20. The topological polar surface area (TPSA) is 122 Å². The summed E-state index contributed by atoms with van der Waals surface area (Å²) in [4.78, 5) is 26.2. The predicted molar refractivity (Wildman–Crippen MR) is 65.8 cm³/mol. The highest BCUT2D eigenvalue weighted by Crippen LogP contribution is 2.17. The monoisotopic (exact) mass is 247 g/mol. The maximum Gasteiger partial charge on any atom is 0.224 e. The molecule has 5 N–H and O–H groups in total. The van der Waals surface area contributed by atoms with Crippen LogP contribution in [-0.4, -0.2) is 38.4 Å². The van der Waals surface area contributed by atoms with Gasteiger partial charge in [-0.1, -0.05) is 0 Å². The number of amides is 1. The van der Waals surface area contributed by atoms with E-state index in [9.17, 15) is 4.79 Å². The van der Waals surface area contributed by atoms with E-state index in [0.29, 0.717) is 29.9 Å². The van der Waals surface area contributed by atoms with Crippen molar-refractivity contribution in [3.63, 3.8) is 0 Å². The van der Waals surface area contributed by atoms with Crippen molar-refractivity contribution in [2.24, 2.45) is 0 Å². The molecule has 1 saturated heterocycles. The van der Waals surface area contributed by atoms with Crippen molar-refractivity contribution >= 4 is 28.8 Å². The number of carbonyl (C=O) groups is 1. The Hall–Kier alpha value is -2.38. The van der Waals surface area contributed by atoms with Gasteiger partial charge in [0.05, 0.1) is 6.33 Å². The molecule has 1 aliphatic rings. The lowest BCUT2D eigenvalue weighted by Crippen LogP contribution is -2.32. The number of carbonyl (C=O) groups excluding carboxylic acids is 1. The number of hydrogen-bond donors (Lipinski definition) is 4. The molecular weight excluding hydrogens is 234 g/mol. The minimum atomic E-state index is 0.0932. The number of nitrogens with zero attached hydrogens (tertiary/aromatic N) is 3. The fourth-order valence-electron chi connectivity index (χ4n) is 2.03. The van der Waals surface area contributed by atoms with Gasteiger partial charge in [-0.3, -0.25) is 4.79 Å². The number of imidazole rings is 1. The van der Waals surface area contributed by atoms with E-state index in [1.54, 1.807) is 6.33 Å². The summed E-state index contributed by atoms with van der Waals surface area (Å²) in [5.74, 6) is 0.874. The normalized spacial score (nSPS) is 19.1. The SMILES string of the molecule is Nc1nc(NCC2CCC(=O)N2)c2[nH]cnc2n1. The van der Waals surface area contributed by atoms with E-state index in [4.69, 9.17) is 5.73 Å². The van der Waals surface area contributed by atoms with E-state index in [-0.39, 0.29) is 17.9 Å². The number of aromatic amines is 1. The molecule has 1 fully saturated rings. The molecule has 0 spiro atoms. The fourth-order valence-corrected chi connectivity index (χ4v) is 2.03. The molecule has 2 aromatic heterocycles. The molecule has 1 aliphatic heterocycles. The Morgan fingerprint density at radius 1 is 1.50 bits per heavy atom. The molecule has 2 aromatic rings. The molecule has 3 rings (SSSR count). The maximum absolute atomic E-state index is 11.1. The van der Waals surface area contributed by atoms with E-state index < -0.39 is 0 Å². The van der Waals surface area contributed by atoms with Gasteiger partial charge in [0.25, 0.3) is 0 Å². The van der Waals surface area contributed by atoms with E-state index in [0.717, 1.165) is 6.42 Å². The number of hydrogen-bond acceptors (Lipinski definition) is 6. The van der Waals surface area contributed by atoms with Gasteiger partial charge in [0.2, 0.25) is 11.9 Å². The van der Waals surface area contributed by atoms with Crippen molar-refractivity contribution in [3.05, 3.63) is 6.33 Å². The Bertz CT molecular complexity index is 593. The van der Waals surface area contributed by atoms with Crippen LogP contribution in [0.15, 0.2) is 6.33 Å². The van der Waals surface area contributed by atoms with Crippen LogP contribution in [0.1, 0.15) is 12.8 Å². The predicted octanol–water partition coefficient (Wildman–Crippen LogP) is -0.374. The van der Waals surface area contributed by atoms with Gasteiger partial charge in [-0.15, -0.1) is 0 Å². The van der Waals surface area contributed by atoms with Gasteiger partial charge >= 0.3 is 0 Å². The van der Waals surface area contributed by atoms with Crippen LogP contribution < -0.4 is 16.4 Å². The minimum Gasteiger partial charge on any atom is -0.368 e. The molecule has 0 saturated carbocycles. The lowest BCUT2D eigenvalue weighted by Gasteiger charge is -2.12. The second-order valence-corrected chi connectivity index (χ2v) is 4.22. The average molecular weight is 247 g/mol. The number of aromatic nitrogens is 4. The third-order valence-corrected chi connectivity index (χ3v) is 2.90. The lowest BCUT2D eigenvalue weighted by molar-refractivity contribution is -0.119. The number of fused-ring (bicyclic) bond motifs is 1. The molecule has 3 heterocycles. The zero-order valence-electron chi connectivity index (χ0n) is 9.60. The molecule has 1 amide bonds. The summed E-state index contributed by atoms with van der Waals surface area (Å²) in [6.45, 7) is 0.607. The van der Waals surface area contributed by atoms with E-state index in [2.05, 4.69) is 30.6 Å². The summed E-state index contributed by atoms with van der Waals surface area (Å²) >= 11 is 0. The molecule has 8 nitrogen and oxygen atoms in total. The maximum atomic E-state index is 11.1. The number of H-pyrrole nitrogens is 1. The second-order valence-electron chi connectivity index (χ2n) is 4.22. The molecule has 94 valence electrons. The Morgan fingerprint density at radius 2 is 2.39 bits per heavy atom. The zero-order chi connectivity index (χ0) is 12.5. The molecule has 1 atom stereocenters. The lowest BCUT2D eigenvalue weighted by atomic mass is 10.2. The van der Waals surface area contributed by atoms with Crippen LogP contribution in [0.2, 0.25) is 0 Å². The molecular formula is C10H13N7O. The number of nitrogens with one attached hydrogen (secondary N) is 3. The molecule has 1 unspecified atom stereocenters. The van der Waals surface area contributed by atoms with Gasteiger partial charge in [-0.05, 0) is 6.42 Å². The van der Waals surface area contributed by atoms with Gasteiger partial charge < -0.3 is 21.4 Å². The van der Waals surface area contributed by atoms with Crippen molar-refractivity contribution in [2.45, 2.75) is 18.9 Å². The number of rotatable bonds is 3. The van der Waals surface area contributed by atoms with Crippen molar-refractivity contribution in [1.29, 1.82) is 0 Å². The second kappa shape index (κ2) is 4.13. The summed E-state index contributed by atoms with van der Waals surface area (Å²) in [5.41, 5.74) is 6.85. The largest absolute Gasteiger partial charge is 0.368 e. The van der Waals surface area contributed by atoms with Crippen molar-refractivity contribution in [1.82, 2.24) is 25.3 Å².